The average Bonchev–Trinajstić information content (AvgIpc) is 3.39. The van der Waals surface area contributed by atoms with Crippen LogP contribution < -0.4 is 0 Å². The lowest BCUT2D eigenvalue weighted by Crippen LogP contribution is -1.96. The topological polar surface area (TPSA) is 66.0 Å². The van der Waals surface area contributed by atoms with Crippen LogP contribution in [0.25, 0.3) is 36.9 Å². The highest BCUT2D eigenvalue weighted by atomic mass is 32.1. The molecule has 0 saturated carbocycles. The second-order valence-electron chi connectivity index (χ2n) is 6.52. The van der Waals surface area contributed by atoms with Gasteiger partial charge in [0.1, 0.15) is 11.6 Å². The molecule has 0 aliphatic carbocycles. The molecule has 28 heavy (non-hydrogen) atoms. The molecule has 4 aromatic rings. The third kappa shape index (κ3) is 3.24. The van der Waals surface area contributed by atoms with Gasteiger partial charge in [0.15, 0.2) is 0 Å². The number of aromatic nitrogens is 1. The smallest absolute Gasteiger partial charge is 0.346 e. The molecule has 0 fully saturated rings. The lowest BCUT2D eigenvalue weighted by atomic mass is 10.2. The number of nitrogens with zero attached hydrogens (tertiary/aromatic N) is 2. The van der Waals surface area contributed by atoms with Crippen LogP contribution in [0.1, 0.15) is 24.6 Å². The molecule has 0 spiro atoms. The van der Waals surface area contributed by atoms with Gasteiger partial charge in [-0.1, -0.05) is 31.5 Å². The van der Waals surface area contributed by atoms with E-state index in [0.29, 0.717) is 0 Å². The van der Waals surface area contributed by atoms with E-state index in [9.17, 15) is 4.79 Å². The van der Waals surface area contributed by atoms with E-state index >= 15 is 0 Å². The van der Waals surface area contributed by atoms with E-state index in [4.69, 9.17) is 10.4 Å². The quantitative estimate of drug-likeness (QED) is 0.298. The fraction of sp³-hybridized carbons (Fsp3) is 0.182. The van der Waals surface area contributed by atoms with Crippen molar-refractivity contribution >= 4 is 55.8 Å². The van der Waals surface area contributed by atoms with E-state index in [0.717, 1.165) is 29.1 Å². The third-order valence-electron chi connectivity index (χ3n) is 4.69. The highest BCUT2D eigenvalue weighted by Gasteiger charge is 2.16. The molecule has 3 heterocycles. The highest BCUT2D eigenvalue weighted by molar-refractivity contribution is 7.27. The van der Waals surface area contributed by atoms with Gasteiger partial charge in [-0.3, -0.25) is 0 Å². The number of unbranched alkanes of at least 4 members (excludes halogenated alkanes) is 1. The van der Waals surface area contributed by atoms with Gasteiger partial charge in [-0.25, -0.2) is 4.79 Å². The minimum atomic E-state index is -1.20. The summed E-state index contributed by atoms with van der Waals surface area (Å²) in [5, 5.41) is 19.3. The van der Waals surface area contributed by atoms with Crippen LogP contribution in [-0.4, -0.2) is 15.6 Å². The number of nitriles is 1. The Morgan fingerprint density at radius 3 is 2.75 bits per heavy atom. The highest BCUT2D eigenvalue weighted by Crippen LogP contribution is 2.42. The van der Waals surface area contributed by atoms with E-state index in [1.807, 2.05) is 12.1 Å². The first kappa shape index (κ1) is 18.5. The SMILES string of the molecule is CCCCn1c2ccccc2c2sc(-c3ccc(C=C(C#N)C(=O)O)s3)cc21. The Labute approximate surface area is 170 Å². The maximum atomic E-state index is 11.1. The molecule has 1 aromatic carbocycles. The Kier molecular flexibility index (Phi) is 5.03. The van der Waals surface area contributed by atoms with Gasteiger partial charge in [-0.2, -0.15) is 5.26 Å². The van der Waals surface area contributed by atoms with Gasteiger partial charge in [-0.15, -0.1) is 22.7 Å². The molecule has 0 saturated heterocycles. The van der Waals surface area contributed by atoms with Gasteiger partial charge in [0.05, 0.1) is 10.2 Å². The first-order valence-electron chi connectivity index (χ1n) is 9.08. The Morgan fingerprint density at radius 2 is 2.00 bits per heavy atom. The zero-order chi connectivity index (χ0) is 19.7. The fourth-order valence-corrected chi connectivity index (χ4v) is 5.56. The van der Waals surface area contributed by atoms with Gasteiger partial charge in [0.25, 0.3) is 0 Å². The molecule has 0 unspecified atom stereocenters. The number of carbonyl (C=O) groups is 1. The molecule has 0 aliphatic heterocycles. The van der Waals surface area contributed by atoms with Crippen molar-refractivity contribution in [3.8, 4) is 15.8 Å². The maximum absolute atomic E-state index is 11.1. The van der Waals surface area contributed by atoms with Crippen molar-refractivity contribution in [1.82, 2.24) is 4.57 Å². The van der Waals surface area contributed by atoms with Crippen molar-refractivity contribution in [1.29, 1.82) is 5.26 Å². The molecule has 0 atom stereocenters. The van der Waals surface area contributed by atoms with Crippen molar-refractivity contribution in [2.24, 2.45) is 0 Å². The van der Waals surface area contributed by atoms with E-state index in [2.05, 4.69) is 41.8 Å². The fourth-order valence-electron chi connectivity index (χ4n) is 3.33. The molecule has 3 aromatic heterocycles. The number of hydrogen-bond acceptors (Lipinski definition) is 4. The summed E-state index contributed by atoms with van der Waals surface area (Å²) in [5.74, 6) is -1.20. The van der Waals surface area contributed by atoms with Gasteiger partial charge in [-0.05, 0) is 36.8 Å². The van der Waals surface area contributed by atoms with Crippen molar-refractivity contribution in [3.05, 3.63) is 52.9 Å². The number of thiophene rings is 2. The Balaban J connectivity index is 1.79. The summed E-state index contributed by atoms with van der Waals surface area (Å²) in [6.45, 7) is 3.20. The lowest BCUT2D eigenvalue weighted by Gasteiger charge is -2.05. The number of fused-ring (bicyclic) bond motifs is 3. The van der Waals surface area contributed by atoms with Crippen LogP contribution in [-0.2, 0) is 11.3 Å². The van der Waals surface area contributed by atoms with Crippen LogP contribution >= 0.6 is 22.7 Å². The minimum Gasteiger partial charge on any atom is -0.477 e. The zero-order valence-corrected chi connectivity index (χ0v) is 16.9. The van der Waals surface area contributed by atoms with Crippen LogP contribution in [0.5, 0.6) is 0 Å². The standard InChI is InChI=1S/C22H18N2O2S2/c1-2-3-10-24-17-7-5-4-6-16(17)21-18(24)12-20(28-21)19-9-8-15(27-19)11-14(13-23)22(25)26/h4-9,11-12H,2-3,10H2,1H3,(H,25,26). The van der Waals surface area contributed by atoms with E-state index < -0.39 is 5.97 Å². The monoisotopic (exact) mass is 406 g/mol. The van der Waals surface area contributed by atoms with Crippen LogP contribution in [0.3, 0.4) is 0 Å². The summed E-state index contributed by atoms with van der Waals surface area (Å²) in [4.78, 5) is 14.1. The first-order chi connectivity index (χ1) is 13.6. The van der Waals surface area contributed by atoms with E-state index in [1.165, 1.54) is 43.4 Å². The minimum absolute atomic E-state index is 0.248. The van der Waals surface area contributed by atoms with Crippen LogP contribution in [0.4, 0.5) is 0 Å². The average molecular weight is 407 g/mol. The molecular formula is C22H18N2O2S2. The summed E-state index contributed by atoms with van der Waals surface area (Å²) in [6.07, 6.45) is 3.72. The van der Waals surface area contributed by atoms with Crippen molar-refractivity contribution in [2.75, 3.05) is 0 Å². The van der Waals surface area contributed by atoms with E-state index in [1.54, 1.807) is 17.4 Å². The molecular weight excluding hydrogens is 388 g/mol. The van der Waals surface area contributed by atoms with Crippen LogP contribution in [0, 0.1) is 11.3 Å². The first-order valence-corrected chi connectivity index (χ1v) is 10.7. The number of benzene rings is 1. The van der Waals surface area contributed by atoms with Gasteiger partial charge >= 0.3 is 5.97 Å². The Bertz CT molecular complexity index is 1250. The molecule has 0 aliphatic rings. The molecule has 0 bridgehead atoms. The predicted molar refractivity (Wildman–Crippen MR) is 117 cm³/mol. The molecule has 6 heteroatoms. The second kappa shape index (κ2) is 7.63. The van der Waals surface area contributed by atoms with Gasteiger partial charge in [0.2, 0.25) is 0 Å². The number of carboxylic acids is 1. The Morgan fingerprint density at radius 1 is 1.18 bits per heavy atom. The molecule has 0 amide bonds. The molecule has 4 rings (SSSR count). The largest absolute Gasteiger partial charge is 0.477 e. The van der Waals surface area contributed by atoms with Crippen LogP contribution in [0.2, 0.25) is 0 Å². The summed E-state index contributed by atoms with van der Waals surface area (Å²) in [7, 11) is 0. The van der Waals surface area contributed by atoms with Gasteiger partial charge in [0, 0.05) is 32.1 Å². The van der Waals surface area contributed by atoms with Crippen LogP contribution in [0.15, 0.2) is 48.0 Å². The summed E-state index contributed by atoms with van der Waals surface area (Å²) in [5.41, 5.74) is 2.28. The lowest BCUT2D eigenvalue weighted by molar-refractivity contribution is -0.132. The number of rotatable bonds is 6. The summed E-state index contributed by atoms with van der Waals surface area (Å²) < 4.78 is 3.69. The van der Waals surface area contributed by atoms with Gasteiger partial charge < -0.3 is 9.67 Å². The summed E-state index contributed by atoms with van der Waals surface area (Å²) >= 11 is 3.27. The normalized spacial score (nSPS) is 11.9. The van der Waals surface area contributed by atoms with Crippen molar-refractivity contribution in [3.63, 3.8) is 0 Å². The molecule has 140 valence electrons. The molecule has 4 nitrogen and oxygen atoms in total. The van der Waals surface area contributed by atoms with Crippen molar-refractivity contribution < 1.29 is 9.90 Å². The predicted octanol–water partition coefficient (Wildman–Crippen LogP) is 6.38. The zero-order valence-electron chi connectivity index (χ0n) is 15.3. The molecule has 1 N–H and O–H groups in total. The number of carboxylic acid groups (broad SMARTS) is 1. The summed E-state index contributed by atoms with van der Waals surface area (Å²) in [6, 6.07) is 16.4. The molecule has 0 radical (unpaired) electrons. The van der Waals surface area contributed by atoms with E-state index in [-0.39, 0.29) is 5.57 Å². The second-order valence-corrected chi connectivity index (χ2v) is 8.69. The Hall–Kier alpha value is -2.88. The van der Waals surface area contributed by atoms with Crippen molar-refractivity contribution in [2.45, 2.75) is 26.3 Å². The number of aliphatic carboxylic acids is 1. The number of aryl methyl sites for hydroxylation is 1. The number of para-hydroxylation sites is 1. The maximum Gasteiger partial charge on any atom is 0.346 e. The number of hydrogen-bond donors (Lipinski definition) is 1. The third-order valence-corrected chi connectivity index (χ3v) is 7.07.